The van der Waals surface area contributed by atoms with Crippen LogP contribution in [-0.2, 0) is 12.8 Å². The molecule has 0 aliphatic rings. The maximum atomic E-state index is 4.68. The third kappa shape index (κ3) is 3.08. The van der Waals surface area contributed by atoms with Gasteiger partial charge in [0.15, 0.2) is 0 Å². The highest BCUT2D eigenvalue weighted by Crippen LogP contribution is 2.17. The Labute approximate surface area is 99.2 Å². The second-order valence-electron chi connectivity index (χ2n) is 4.55. The highest BCUT2D eigenvalue weighted by molar-refractivity contribution is 5.11. The molecule has 0 saturated carbocycles. The monoisotopic (exact) mass is 223 g/mol. The number of nitrogens with one attached hydrogen (secondary N) is 1. The largest absolute Gasteiger partial charge is 0.317 e. The van der Waals surface area contributed by atoms with Crippen LogP contribution in [0, 0.1) is 0 Å². The minimum absolute atomic E-state index is 0.470. The summed E-state index contributed by atoms with van der Waals surface area (Å²) < 4.78 is 2.20. The molecule has 0 bridgehead atoms. The molecule has 3 heteroatoms. The lowest BCUT2D eigenvalue weighted by molar-refractivity contribution is 0.392. The van der Waals surface area contributed by atoms with E-state index < -0.39 is 0 Å². The van der Waals surface area contributed by atoms with Crippen LogP contribution in [-0.4, -0.2) is 22.9 Å². The third-order valence-electron chi connectivity index (χ3n) is 3.19. The molecule has 0 radical (unpaired) electrons. The molecule has 2 unspecified atom stereocenters. The molecule has 1 aromatic heterocycles. The van der Waals surface area contributed by atoms with Gasteiger partial charge in [-0.3, -0.25) is 4.68 Å². The maximum absolute atomic E-state index is 4.68. The van der Waals surface area contributed by atoms with Crippen molar-refractivity contribution in [3.8, 4) is 0 Å². The van der Waals surface area contributed by atoms with Gasteiger partial charge in [-0.25, -0.2) is 0 Å². The first-order valence-electron chi connectivity index (χ1n) is 6.36. The van der Waals surface area contributed by atoms with E-state index in [4.69, 9.17) is 0 Å². The predicted molar refractivity (Wildman–Crippen MR) is 68.8 cm³/mol. The molecule has 0 amide bonds. The summed E-state index contributed by atoms with van der Waals surface area (Å²) in [5, 5.41) is 7.96. The van der Waals surface area contributed by atoms with Gasteiger partial charge in [0, 0.05) is 11.7 Å². The van der Waals surface area contributed by atoms with Crippen LogP contribution in [0.5, 0.6) is 0 Å². The second kappa shape index (κ2) is 6.04. The third-order valence-corrected chi connectivity index (χ3v) is 3.19. The Morgan fingerprint density at radius 1 is 1.31 bits per heavy atom. The van der Waals surface area contributed by atoms with Gasteiger partial charge in [-0.15, -0.1) is 0 Å². The molecule has 0 aliphatic carbocycles. The molecule has 1 rings (SSSR count). The fourth-order valence-corrected chi connectivity index (χ4v) is 2.04. The van der Waals surface area contributed by atoms with Gasteiger partial charge in [0.2, 0.25) is 0 Å². The van der Waals surface area contributed by atoms with E-state index in [0.29, 0.717) is 12.1 Å². The van der Waals surface area contributed by atoms with E-state index in [2.05, 4.69) is 48.9 Å². The van der Waals surface area contributed by atoms with E-state index in [9.17, 15) is 0 Å². The van der Waals surface area contributed by atoms with Gasteiger partial charge in [-0.1, -0.05) is 13.8 Å². The Balaban J connectivity index is 2.80. The fourth-order valence-electron chi connectivity index (χ4n) is 2.04. The summed E-state index contributed by atoms with van der Waals surface area (Å²) in [6, 6.07) is 3.24. The second-order valence-corrected chi connectivity index (χ2v) is 4.55. The summed E-state index contributed by atoms with van der Waals surface area (Å²) in [5.74, 6) is 0. The van der Waals surface area contributed by atoms with E-state index in [1.165, 1.54) is 11.4 Å². The quantitative estimate of drug-likeness (QED) is 0.803. The van der Waals surface area contributed by atoms with Crippen molar-refractivity contribution in [1.82, 2.24) is 15.1 Å². The van der Waals surface area contributed by atoms with Crippen LogP contribution in [0.1, 0.15) is 51.5 Å². The van der Waals surface area contributed by atoms with Crippen LogP contribution in [0.25, 0.3) is 0 Å². The smallest absolute Gasteiger partial charge is 0.0624 e. The van der Waals surface area contributed by atoms with Crippen molar-refractivity contribution in [3.05, 3.63) is 17.5 Å². The molecule has 3 nitrogen and oxygen atoms in total. The molecule has 16 heavy (non-hydrogen) atoms. The van der Waals surface area contributed by atoms with Crippen LogP contribution in [0.15, 0.2) is 6.07 Å². The standard InChI is InChI=1S/C13H25N3/c1-6-12-9-13(7-2)16(15-12)11(4)8-10(3)14-5/h9-11,14H,6-8H2,1-5H3. The van der Waals surface area contributed by atoms with Gasteiger partial charge < -0.3 is 5.32 Å². The lowest BCUT2D eigenvalue weighted by atomic mass is 10.1. The van der Waals surface area contributed by atoms with Crippen molar-refractivity contribution in [2.45, 2.75) is 59.0 Å². The van der Waals surface area contributed by atoms with Gasteiger partial charge in [0.25, 0.3) is 0 Å². The maximum Gasteiger partial charge on any atom is 0.0624 e. The molecule has 1 aromatic rings. The van der Waals surface area contributed by atoms with E-state index in [1.54, 1.807) is 0 Å². The lowest BCUT2D eigenvalue weighted by Gasteiger charge is -2.19. The van der Waals surface area contributed by atoms with Crippen molar-refractivity contribution in [2.75, 3.05) is 7.05 Å². The molecule has 2 atom stereocenters. The number of aromatic nitrogens is 2. The van der Waals surface area contributed by atoms with E-state index in [0.717, 1.165) is 19.3 Å². The zero-order valence-electron chi connectivity index (χ0n) is 11.2. The Morgan fingerprint density at radius 3 is 2.50 bits per heavy atom. The number of hydrogen-bond donors (Lipinski definition) is 1. The molecule has 1 heterocycles. The first kappa shape index (κ1) is 13.2. The molecule has 0 spiro atoms. The van der Waals surface area contributed by atoms with Crippen molar-refractivity contribution < 1.29 is 0 Å². The summed E-state index contributed by atoms with van der Waals surface area (Å²) in [5.41, 5.74) is 2.56. The van der Waals surface area contributed by atoms with Gasteiger partial charge >= 0.3 is 0 Å². The summed E-state index contributed by atoms with van der Waals surface area (Å²) in [6.45, 7) is 8.82. The van der Waals surface area contributed by atoms with E-state index in [1.807, 2.05) is 7.05 Å². The average molecular weight is 223 g/mol. The first-order chi connectivity index (χ1) is 7.62. The minimum Gasteiger partial charge on any atom is -0.317 e. The Bertz CT molecular complexity index is 317. The van der Waals surface area contributed by atoms with Crippen molar-refractivity contribution in [3.63, 3.8) is 0 Å². The Hall–Kier alpha value is -0.830. The molecule has 0 aromatic carbocycles. The Kier molecular flexibility index (Phi) is 5.00. The number of hydrogen-bond acceptors (Lipinski definition) is 2. The first-order valence-corrected chi connectivity index (χ1v) is 6.36. The molecule has 92 valence electrons. The van der Waals surface area contributed by atoms with Crippen LogP contribution in [0.2, 0.25) is 0 Å². The van der Waals surface area contributed by atoms with E-state index >= 15 is 0 Å². The minimum atomic E-state index is 0.470. The molecule has 0 saturated heterocycles. The van der Waals surface area contributed by atoms with Crippen LogP contribution in [0.3, 0.4) is 0 Å². The van der Waals surface area contributed by atoms with Gasteiger partial charge in [0.1, 0.15) is 0 Å². The van der Waals surface area contributed by atoms with E-state index in [-0.39, 0.29) is 0 Å². The fraction of sp³-hybridized carbons (Fsp3) is 0.769. The SMILES string of the molecule is CCc1cc(CC)n(C(C)CC(C)NC)n1. The summed E-state index contributed by atoms with van der Waals surface area (Å²) in [6.07, 6.45) is 3.20. The van der Waals surface area contributed by atoms with Gasteiger partial charge in [-0.05, 0) is 46.2 Å². The van der Waals surface area contributed by atoms with Crippen LogP contribution >= 0.6 is 0 Å². The van der Waals surface area contributed by atoms with Gasteiger partial charge in [0.05, 0.1) is 11.7 Å². The number of rotatable bonds is 6. The highest BCUT2D eigenvalue weighted by atomic mass is 15.3. The van der Waals surface area contributed by atoms with Crippen LogP contribution in [0.4, 0.5) is 0 Å². The van der Waals surface area contributed by atoms with Crippen molar-refractivity contribution >= 4 is 0 Å². The highest BCUT2D eigenvalue weighted by Gasteiger charge is 2.13. The molecular weight excluding hydrogens is 198 g/mol. The molecule has 1 N–H and O–H groups in total. The predicted octanol–water partition coefficient (Wildman–Crippen LogP) is 2.57. The zero-order valence-corrected chi connectivity index (χ0v) is 11.2. The average Bonchev–Trinajstić information content (AvgIpc) is 2.71. The summed E-state index contributed by atoms with van der Waals surface area (Å²) in [4.78, 5) is 0. The van der Waals surface area contributed by atoms with Crippen molar-refractivity contribution in [1.29, 1.82) is 0 Å². The summed E-state index contributed by atoms with van der Waals surface area (Å²) in [7, 11) is 2.01. The van der Waals surface area contributed by atoms with Crippen molar-refractivity contribution in [2.24, 2.45) is 0 Å². The summed E-state index contributed by atoms with van der Waals surface area (Å²) >= 11 is 0. The van der Waals surface area contributed by atoms with Crippen LogP contribution < -0.4 is 5.32 Å². The topological polar surface area (TPSA) is 29.9 Å². The molecule has 0 aliphatic heterocycles. The number of aryl methyl sites for hydroxylation is 2. The van der Waals surface area contributed by atoms with Gasteiger partial charge in [-0.2, -0.15) is 5.10 Å². The molecular formula is C13H25N3. The Morgan fingerprint density at radius 2 is 2.00 bits per heavy atom. The zero-order chi connectivity index (χ0) is 12.1. The lowest BCUT2D eigenvalue weighted by Crippen LogP contribution is -2.25. The molecule has 0 fully saturated rings. The number of nitrogens with zero attached hydrogens (tertiary/aromatic N) is 2. The normalized spacial score (nSPS) is 15.1.